The minimum Gasteiger partial charge on any atom is -0.463 e. The second kappa shape index (κ2) is 8.58. The van der Waals surface area contributed by atoms with Gasteiger partial charge in [-0.1, -0.05) is 80.6 Å². The molecule has 1 atom stereocenters. The molecule has 1 N–H and O–H groups in total. The summed E-state index contributed by atoms with van der Waals surface area (Å²) in [7, 11) is 0. The summed E-state index contributed by atoms with van der Waals surface area (Å²) >= 11 is 0. The van der Waals surface area contributed by atoms with Crippen LogP contribution in [0.15, 0.2) is 84.4 Å². The predicted octanol–water partition coefficient (Wildman–Crippen LogP) is 6.15. The number of esters is 1. The minimum atomic E-state index is -0.371. The summed E-state index contributed by atoms with van der Waals surface area (Å²) in [5.41, 5.74) is 6.34. The molecule has 4 aromatic rings. The van der Waals surface area contributed by atoms with Crippen molar-refractivity contribution in [3.63, 3.8) is 0 Å². The van der Waals surface area contributed by atoms with Crippen molar-refractivity contribution >= 4 is 28.6 Å². The van der Waals surface area contributed by atoms with Gasteiger partial charge in [0.1, 0.15) is 0 Å². The quantitative estimate of drug-likeness (QED) is 0.381. The van der Waals surface area contributed by atoms with E-state index in [9.17, 15) is 4.79 Å². The number of imidazole rings is 1. The van der Waals surface area contributed by atoms with Gasteiger partial charge in [-0.05, 0) is 41.7 Å². The van der Waals surface area contributed by atoms with Gasteiger partial charge in [-0.25, -0.2) is 9.78 Å². The second-order valence-electron chi connectivity index (χ2n) is 8.52. The standard InChI is InChI=1S/C28H27N3O2/c1-4-33-27(32)24-25(20-10-6-5-7-11-20)30-28-29-22-12-8-9-13-23(22)31(28)26(24)21-16-14-19(15-17-21)18(2)3/h5-18,26H,4H2,1-3H3,(H,29,30). The lowest BCUT2D eigenvalue weighted by Gasteiger charge is -2.31. The Balaban J connectivity index is 1.80. The van der Waals surface area contributed by atoms with Crippen LogP contribution in [-0.4, -0.2) is 22.1 Å². The molecular formula is C28H27N3O2. The Kier molecular flexibility index (Phi) is 5.47. The van der Waals surface area contributed by atoms with E-state index in [0.29, 0.717) is 24.0 Å². The monoisotopic (exact) mass is 437 g/mol. The maximum Gasteiger partial charge on any atom is 0.338 e. The van der Waals surface area contributed by atoms with Crippen molar-refractivity contribution in [3.05, 3.63) is 101 Å². The van der Waals surface area contributed by atoms with Crippen molar-refractivity contribution in [1.82, 2.24) is 9.55 Å². The van der Waals surface area contributed by atoms with Crippen LogP contribution in [0.4, 0.5) is 5.95 Å². The smallest absolute Gasteiger partial charge is 0.338 e. The maximum atomic E-state index is 13.5. The van der Waals surface area contributed by atoms with Gasteiger partial charge >= 0.3 is 5.97 Å². The van der Waals surface area contributed by atoms with Gasteiger partial charge in [0.25, 0.3) is 0 Å². The minimum absolute atomic E-state index is 0.306. The fourth-order valence-electron chi connectivity index (χ4n) is 4.47. The van der Waals surface area contributed by atoms with Crippen LogP contribution in [0.25, 0.3) is 16.7 Å². The van der Waals surface area contributed by atoms with E-state index in [0.717, 1.165) is 27.9 Å². The molecule has 5 nitrogen and oxygen atoms in total. The molecule has 0 aliphatic carbocycles. The zero-order chi connectivity index (χ0) is 22.9. The van der Waals surface area contributed by atoms with E-state index in [1.807, 2.05) is 61.5 Å². The lowest BCUT2D eigenvalue weighted by atomic mass is 9.91. The molecule has 1 aliphatic heterocycles. The number of nitrogens with zero attached hydrogens (tertiary/aromatic N) is 2. The van der Waals surface area contributed by atoms with Gasteiger partial charge < -0.3 is 10.1 Å². The van der Waals surface area contributed by atoms with E-state index in [-0.39, 0.29) is 12.0 Å². The summed E-state index contributed by atoms with van der Waals surface area (Å²) in [5.74, 6) is 0.808. The molecule has 0 saturated heterocycles. The van der Waals surface area contributed by atoms with E-state index < -0.39 is 0 Å². The fraction of sp³-hybridized carbons (Fsp3) is 0.214. The van der Waals surface area contributed by atoms with Gasteiger partial charge in [0.15, 0.2) is 0 Å². The third-order valence-electron chi connectivity index (χ3n) is 6.11. The van der Waals surface area contributed by atoms with Crippen molar-refractivity contribution in [1.29, 1.82) is 0 Å². The Morgan fingerprint density at radius 3 is 2.39 bits per heavy atom. The number of hydrogen-bond donors (Lipinski definition) is 1. The highest BCUT2D eigenvalue weighted by Crippen LogP contribution is 2.42. The number of aromatic nitrogens is 2. The first-order valence-electron chi connectivity index (χ1n) is 11.4. The Hall–Kier alpha value is -3.86. The second-order valence-corrected chi connectivity index (χ2v) is 8.52. The van der Waals surface area contributed by atoms with Gasteiger partial charge in [0.2, 0.25) is 5.95 Å². The van der Waals surface area contributed by atoms with Crippen LogP contribution in [0.5, 0.6) is 0 Å². The van der Waals surface area contributed by atoms with Crippen molar-refractivity contribution in [2.45, 2.75) is 32.7 Å². The molecule has 0 saturated carbocycles. The van der Waals surface area contributed by atoms with Crippen LogP contribution in [0.1, 0.15) is 49.4 Å². The molecule has 166 valence electrons. The molecule has 1 aliphatic rings. The number of carbonyl (C=O) groups excluding carboxylic acids is 1. The summed E-state index contributed by atoms with van der Waals surface area (Å²) in [6.07, 6.45) is 0. The Labute approximate surface area is 193 Å². The average molecular weight is 438 g/mol. The normalized spacial score (nSPS) is 15.5. The van der Waals surface area contributed by atoms with Crippen LogP contribution >= 0.6 is 0 Å². The van der Waals surface area contributed by atoms with Gasteiger partial charge in [-0.3, -0.25) is 4.57 Å². The first-order chi connectivity index (χ1) is 16.1. The van der Waals surface area contributed by atoms with Crippen LogP contribution in [-0.2, 0) is 9.53 Å². The molecule has 0 spiro atoms. The highest BCUT2D eigenvalue weighted by atomic mass is 16.5. The number of rotatable bonds is 5. The van der Waals surface area contributed by atoms with E-state index in [4.69, 9.17) is 9.72 Å². The molecule has 2 heterocycles. The lowest BCUT2D eigenvalue weighted by molar-refractivity contribution is -0.138. The summed E-state index contributed by atoms with van der Waals surface area (Å²) in [5, 5.41) is 3.45. The third-order valence-corrected chi connectivity index (χ3v) is 6.11. The molecule has 1 unspecified atom stereocenters. The van der Waals surface area contributed by atoms with Crippen molar-refractivity contribution in [2.75, 3.05) is 11.9 Å². The molecule has 1 aromatic heterocycles. The van der Waals surface area contributed by atoms with E-state index >= 15 is 0 Å². The van der Waals surface area contributed by atoms with E-state index in [2.05, 4.69) is 48.0 Å². The van der Waals surface area contributed by atoms with E-state index in [1.54, 1.807) is 0 Å². The van der Waals surface area contributed by atoms with Crippen LogP contribution in [0.2, 0.25) is 0 Å². The predicted molar refractivity (Wildman–Crippen MR) is 132 cm³/mol. The fourth-order valence-corrected chi connectivity index (χ4v) is 4.47. The molecule has 0 amide bonds. The SMILES string of the molecule is CCOC(=O)C1=C(c2ccccc2)Nc2nc3ccccc3n2C1c1ccc(C(C)C)cc1. The number of ether oxygens (including phenoxy) is 1. The van der Waals surface area contributed by atoms with Gasteiger partial charge in [-0.2, -0.15) is 0 Å². The van der Waals surface area contributed by atoms with Crippen LogP contribution in [0.3, 0.4) is 0 Å². The third kappa shape index (κ3) is 3.69. The van der Waals surface area contributed by atoms with E-state index in [1.165, 1.54) is 5.56 Å². The molecule has 0 radical (unpaired) electrons. The topological polar surface area (TPSA) is 56.1 Å². The highest BCUT2D eigenvalue weighted by molar-refractivity contribution is 6.03. The molecular weight excluding hydrogens is 410 g/mol. The number of benzene rings is 3. The summed E-state index contributed by atoms with van der Waals surface area (Å²) < 4.78 is 7.69. The summed E-state index contributed by atoms with van der Waals surface area (Å²) in [6, 6.07) is 26.1. The summed E-state index contributed by atoms with van der Waals surface area (Å²) in [6.45, 7) is 6.50. The number of anilines is 1. The van der Waals surface area contributed by atoms with Gasteiger partial charge in [0.05, 0.1) is 35.0 Å². The Morgan fingerprint density at radius 2 is 1.70 bits per heavy atom. The zero-order valence-corrected chi connectivity index (χ0v) is 19.1. The van der Waals surface area contributed by atoms with Crippen molar-refractivity contribution < 1.29 is 9.53 Å². The van der Waals surface area contributed by atoms with Crippen molar-refractivity contribution in [3.8, 4) is 0 Å². The number of nitrogens with one attached hydrogen (secondary N) is 1. The largest absolute Gasteiger partial charge is 0.463 e. The Morgan fingerprint density at radius 1 is 1.00 bits per heavy atom. The summed E-state index contributed by atoms with van der Waals surface area (Å²) in [4.78, 5) is 18.3. The van der Waals surface area contributed by atoms with Crippen LogP contribution < -0.4 is 5.32 Å². The lowest BCUT2D eigenvalue weighted by Crippen LogP contribution is -2.29. The number of para-hydroxylation sites is 2. The number of hydrogen-bond acceptors (Lipinski definition) is 4. The number of carbonyl (C=O) groups is 1. The molecule has 33 heavy (non-hydrogen) atoms. The van der Waals surface area contributed by atoms with Gasteiger partial charge in [-0.15, -0.1) is 0 Å². The maximum absolute atomic E-state index is 13.5. The first-order valence-corrected chi connectivity index (χ1v) is 11.4. The molecule has 3 aromatic carbocycles. The molecule has 0 fully saturated rings. The Bertz CT molecular complexity index is 1330. The zero-order valence-electron chi connectivity index (χ0n) is 19.1. The highest BCUT2D eigenvalue weighted by Gasteiger charge is 2.36. The average Bonchev–Trinajstić information content (AvgIpc) is 3.22. The van der Waals surface area contributed by atoms with Crippen LogP contribution in [0, 0.1) is 0 Å². The number of fused-ring (bicyclic) bond motifs is 3. The first kappa shape index (κ1) is 21.0. The molecule has 5 heteroatoms. The van der Waals surface area contributed by atoms with Gasteiger partial charge in [0, 0.05) is 0 Å². The van der Waals surface area contributed by atoms with Crippen molar-refractivity contribution in [2.24, 2.45) is 0 Å². The molecule has 5 rings (SSSR count). The molecule has 0 bridgehead atoms.